The van der Waals surface area contributed by atoms with Gasteiger partial charge >= 0.3 is 0 Å². The second kappa shape index (κ2) is 9.30. The molecule has 27 heavy (non-hydrogen) atoms. The van der Waals surface area contributed by atoms with Gasteiger partial charge in [-0.3, -0.25) is 9.69 Å². The van der Waals surface area contributed by atoms with Gasteiger partial charge in [-0.05, 0) is 42.7 Å². The van der Waals surface area contributed by atoms with E-state index in [-0.39, 0.29) is 11.4 Å². The maximum Gasteiger partial charge on any atom is 0.260 e. The zero-order chi connectivity index (χ0) is 19.3. The molecule has 6 heteroatoms. The van der Waals surface area contributed by atoms with Gasteiger partial charge in [0.05, 0.1) is 13.2 Å². The van der Waals surface area contributed by atoms with Crippen molar-refractivity contribution in [2.75, 3.05) is 44.4 Å². The van der Waals surface area contributed by atoms with Gasteiger partial charge in [-0.25, -0.2) is 0 Å². The highest BCUT2D eigenvalue weighted by molar-refractivity contribution is 7.99. The van der Waals surface area contributed by atoms with Crippen LogP contribution in [0.2, 0.25) is 0 Å². The van der Waals surface area contributed by atoms with Crippen molar-refractivity contribution in [1.29, 1.82) is 0 Å². The van der Waals surface area contributed by atoms with Crippen molar-refractivity contribution in [2.24, 2.45) is 0 Å². The predicted octanol–water partition coefficient (Wildman–Crippen LogP) is 2.90. The molecule has 1 aromatic rings. The van der Waals surface area contributed by atoms with E-state index in [9.17, 15) is 4.79 Å². The molecule has 0 radical (unpaired) electrons. The lowest BCUT2D eigenvalue weighted by Crippen LogP contribution is -2.59. The van der Waals surface area contributed by atoms with Crippen LogP contribution in [0.1, 0.15) is 38.7 Å². The SMILES string of the molecule is CC(C)c1cccc(O[C@@H](C)C(=O)NC[C@@]2(N3CCOCC3)CCSC2)c1. The second-order valence-electron chi connectivity index (χ2n) is 7.83. The van der Waals surface area contributed by atoms with Crippen molar-refractivity contribution in [3.63, 3.8) is 0 Å². The van der Waals surface area contributed by atoms with Crippen LogP contribution >= 0.6 is 11.8 Å². The quantitative estimate of drug-likeness (QED) is 0.773. The van der Waals surface area contributed by atoms with E-state index in [0.717, 1.165) is 50.0 Å². The Morgan fingerprint density at radius 2 is 2.11 bits per heavy atom. The van der Waals surface area contributed by atoms with E-state index in [4.69, 9.17) is 9.47 Å². The number of carbonyl (C=O) groups is 1. The minimum absolute atomic E-state index is 0.0468. The Hall–Kier alpha value is -1.24. The van der Waals surface area contributed by atoms with Crippen LogP contribution in [-0.2, 0) is 9.53 Å². The first kappa shape index (κ1) is 20.5. The van der Waals surface area contributed by atoms with E-state index in [1.807, 2.05) is 36.9 Å². The summed E-state index contributed by atoms with van der Waals surface area (Å²) >= 11 is 1.98. The molecule has 1 amide bonds. The highest BCUT2D eigenvalue weighted by Gasteiger charge is 2.41. The number of hydrogen-bond acceptors (Lipinski definition) is 5. The van der Waals surface area contributed by atoms with Crippen molar-refractivity contribution < 1.29 is 14.3 Å². The number of hydrogen-bond donors (Lipinski definition) is 1. The van der Waals surface area contributed by atoms with Crippen LogP contribution in [0.4, 0.5) is 0 Å². The van der Waals surface area contributed by atoms with Crippen molar-refractivity contribution in [2.45, 2.75) is 44.8 Å². The summed E-state index contributed by atoms with van der Waals surface area (Å²) < 4.78 is 11.4. The summed E-state index contributed by atoms with van der Waals surface area (Å²) in [5.74, 6) is 3.36. The number of ether oxygens (including phenoxy) is 2. The van der Waals surface area contributed by atoms with Gasteiger partial charge < -0.3 is 14.8 Å². The van der Waals surface area contributed by atoms with Gasteiger partial charge in [0.15, 0.2) is 6.10 Å². The Balaban J connectivity index is 1.56. The Bertz CT molecular complexity index is 626. The average molecular weight is 393 g/mol. The molecule has 5 nitrogen and oxygen atoms in total. The Labute approximate surface area is 167 Å². The summed E-state index contributed by atoms with van der Waals surface area (Å²) in [5, 5.41) is 3.16. The maximum atomic E-state index is 12.7. The van der Waals surface area contributed by atoms with Gasteiger partial charge in [-0.15, -0.1) is 0 Å². The molecule has 0 saturated carbocycles. The molecule has 0 unspecified atom stereocenters. The van der Waals surface area contributed by atoms with Crippen molar-refractivity contribution in [3.8, 4) is 5.75 Å². The van der Waals surface area contributed by atoms with Crippen LogP contribution in [0.5, 0.6) is 5.75 Å². The van der Waals surface area contributed by atoms with Gasteiger partial charge in [0.25, 0.3) is 5.91 Å². The van der Waals surface area contributed by atoms with Crippen LogP contribution in [0.15, 0.2) is 24.3 Å². The molecule has 1 N–H and O–H groups in total. The van der Waals surface area contributed by atoms with Crippen molar-refractivity contribution >= 4 is 17.7 Å². The summed E-state index contributed by atoms with van der Waals surface area (Å²) in [6.07, 6.45) is 0.604. The highest BCUT2D eigenvalue weighted by atomic mass is 32.2. The molecule has 3 rings (SSSR count). The monoisotopic (exact) mass is 392 g/mol. The molecule has 150 valence electrons. The fourth-order valence-electron chi connectivity index (χ4n) is 3.73. The lowest BCUT2D eigenvalue weighted by molar-refractivity contribution is -0.128. The molecule has 0 aromatic heterocycles. The van der Waals surface area contributed by atoms with Crippen LogP contribution < -0.4 is 10.1 Å². The maximum absolute atomic E-state index is 12.7. The Kier molecular flexibility index (Phi) is 7.06. The molecular formula is C21H32N2O3S. The topological polar surface area (TPSA) is 50.8 Å². The number of nitrogens with one attached hydrogen (secondary N) is 1. The zero-order valence-corrected chi connectivity index (χ0v) is 17.5. The molecule has 2 aliphatic heterocycles. The second-order valence-corrected chi connectivity index (χ2v) is 8.94. The number of carbonyl (C=O) groups excluding carboxylic acids is 1. The average Bonchev–Trinajstić information content (AvgIpc) is 3.17. The molecule has 2 heterocycles. The van der Waals surface area contributed by atoms with Crippen molar-refractivity contribution in [1.82, 2.24) is 10.2 Å². The molecule has 0 aliphatic carbocycles. The van der Waals surface area contributed by atoms with Gasteiger partial charge in [0.2, 0.25) is 0 Å². The molecule has 2 fully saturated rings. The minimum atomic E-state index is -0.511. The summed E-state index contributed by atoms with van der Waals surface area (Å²) in [6.45, 7) is 10.3. The van der Waals surface area contributed by atoms with Crippen LogP contribution in [-0.4, -0.2) is 66.8 Å². The number of morpholine rings is 1. The standard InChI is InChI=1S/C21H32N2O3S/c1-16(2)18-5-4-6-19(13-18)26-17(3)20(24)22-14-21(7-12-27-15-21)23-8-10-25-11-9-23/h4-6,13,16-17H,7-12,14-15H2,1-3H3,(H,22,24)/t17-,21-/m0/s1. The largest absolute Gasteiger partial charge is 0.481 e. The summed E-state index contributed by atoms with van der Waals surface area (Å²) in [4.78, 5) is 15.2. The molecule has 0 spiro atoms. The fraction of sp³-hybridized carbons (Fsp3) is 0.667. The summed E-state index contributed by atoms with van der Waals surface area (Å²) in [6, 6.07) is 8.01. The van der Waals surface area contributed by atoms with Crippen LogP contribution in [0, 0.1) is 0 Å². The zero-order valence-electron chi connectivity index (χ0n) is 16.7. The van der Waals surface area contributed by atoms with Gasteiger partial charge in [-0.1, -0.05) is 26.0 Å². The van der Waals surface area contributed by atoms with E-state index in [1.165, 1.54) is 5.56 Å². The lowest BCUT2D eigenvalue weighted by atomic mass is 9.95. The predicted molar refractivity (Wildman–Crippen MR) is 111 cm³/mol. The third kappa shape index (κ3) is 5.18. The van der Waals surface area contributed by atoms with E-state index in [1.54, 1.807) is 0 Å². The minimum Gasteiger partial charge on any atom is -0.481 e. The van der Waals surface area contributed by atoms with E-state index >= 15 is 0 Å². The Morgan fingerprint density at radius 1 is 1.33 bits per heavy atom. The summed E-state index contributed by atoms with van der Waals surface area (Å²) in [7, 11) is 0. The normalized spacial score (nSPS) is 24.7. The molecule has 0 bridgehead atoms. The number of nitrogens with zero attached hydrogens (tertiary/aromatic N) is 1. The molecule has 2 atom stereocenters. The number of amides is 1. The van der Waals surface area contributed by atoms with Crippen molar-refractivity contribution in [3.05, 3.63) is 29.8 Å². The number of benzene rings is 1. The first-order valence-corrected chi connectivity index (χ1v) is 11.1. The third-order valence-electron chi connectivity index (χ3n) is 5.56. The molecule has 1 aromatic carbocycles. The lowest BCUT2D eigenvalue weighted by Gasteiger charge is -2.43. The Morgan fingerprint density at radius 3 is 2.78 bits per heavy atom. The highest BCUT2D eigenvalue weighted by Crippen LogP contribution is 2.33. The molecule has 2 saturated heterocycles. The van der Waals surface area contributed by atoms with E-state index < -0.39 is 6.10 Å². The van der Waals surface area contributed by atoms with E-state index in [2.05, 4.69) is 30.1 Å². The van der Waals surface area contributed by atoms with E-state index in [0.29, 0.717) is 12.5 Å². The number of thioether (sulfide) groups is 1. The van der Waals surface area contributed by atoms with Gasteiger partial charge in [-0.2, -0.15) is 11.8 Å². The summed E-state index contributed by atoms with van der Waals surface area (Å²) in [5.41, 5.74) is 1.27. The molecule has 2 aliphatic rings. The van der Waals surface area contributed by atoms with Gasteiger partial charge in [0, 0.05) is 30.9 Å². The first-order chi connectivity index (χ1) is 13.0. The smallest absolute Gasteiger partial charge is 0.260 e. The fourth-order valence-corrected chi connectivity index (χ4v) is 5.21. The first-order valence-electron chi connectivity index (χ1n) is 9.95. The van der Waals surface area contributed by atoms with Crippen LogP contribution in [0.25, 0.3) is 0 Å². The number of rotatable bonds is 7. The van der Waals surface area contributed by atoms with Gasteiger partial charge in [0.1, 0.15) is 5.75 Å². The van der Waals surface area contributed by atoms with Crippen LogP contribution in [0.3, 0.4) is 0 Å². The molecular weight excluding hydrogens is 360 g/mol. The third-order valence-corrected chi connectivity index (χ3v) is 6.80.